The minimum atomic E-state index is -2.50. The minimum absolute atomic E-state index is 0.403. The van der Waals surface area contributed by atoms with E-state index < -0.39 is 8.07 Å². The number of hydrogen-bond acceptors (Lipinski definition) is 2. The van der Waals surface area contributed by atoms with Crippen LogP contribution in [0.2, 0.25) is 0 Å². The van der Waals surface area contributed by atoms with E-state index in [4.69, 9.17) is 9.47 Å². The van der Waals surface area contributed by atoms with Crippen LogP contribution in [-0.4, -0.2) is 35.5 Å². The molecule has 0 radical (unpaired) electrons. The molecule has 0 aliphatic heterocycles. The zero-order chi connectivity index (χ0) is 16.4. The fourth-order valence-electron chi connectivity index (χ4n) is 2.34. The molecule has 2 aromatic carbocycles. The molecule has 0 saturated carbocycles. The predicted octanol–water partition coefficient (Wildman–Crippen LogP) is 1.63. The van der Waals surface area contributed by atoms with Crippen LogP contribution in [-0.2, 0) is 9.47 Å². The first-order valence-electron chi connectivity index (χ1n) is 7.42. The molecule has 0 N–H and O–H groups in total. The molecule has 0 aromatic heterocycles. The Bertz CT molecular complexity index is 653. The molecule has 116 valence electrons. The van der Waals surface area contributed by atoms with Gasteiger partial charge in [0.15, 0.2) is 0 Å². The first kappa shape index (κ1) is 17.1. The maximum atomic E-state index is 5.11. The summed E-state index contributed by atoms with van der Waals surface area (Å²) in [5, 5.41) is 2.36. The van der Waals surface area contributed by atoms with Crippen molar-refractivity contribution < 1.29 is 9.47 Å². The lowest BCUT2D eigenvalue weighted by molar-refractivity contribution is 0.240. The van der Waals surface area contributed by atoms with Gasteiger partial charge in [-0.15, -0.1) is 11.1 Å². The highest BCUT2D eigenvalue weighted by atomic mass is 28.3. The Hall–Kier alpha value is -2.30. The summed E-state index contributed by atoms with van der Waals surface area (Å²) in [6.07, 6.45) is 0. The standard InChI is InChI=1S/C20H20O2Si/c1-21-15-9-17-23(18-10-16-22-2,19-11-5-3-6-12-19)20-13-7-4-8-14-20/h3-8,11-14H,15-16H2,1-2H3. The van der Waals surface area contributed by atoms with Crippen LogP contribution in [0.3, 0.4) is 0 Å². The van der Waals surface area contributed by atoms with E-state index >= 15 is 0 Å². The Labute approximate surface area is 139 Å². The molecule has 0 amide bonds. The van der Waals surface area contributed by atoms with Crippen molar-refractivity contribution in [3.63, 3.8) is 0 Å². The van der Waals surface area contributed by atoms with Gasteiger partial charge in [0.1, 0.15) is 13.2 Å². The fraction of sp³-hybridized carbons (Fsp3) is 0.200. The molecule has 2 aromatic rings. The van der Waals surface area contributed by atoms with Crippen molar-refractivity contribution in [2.75, 3.05) is 27.4 Å². The smallest absolute Gasteiger partial charge is 0.276 e. The molecule has 23 heavy (non-hydrogen) atoms. The predicted molar refractivity (Wildman–Crippen MR) is 97.2 cm³/mol. The summed E-state index contributed by atoms with van der Waals surface area (Å²) in [4.78, 5) is 0. The number of methoxy groups -OCH3 is 2. The average Bonchev–Trinajstić information content (AvgIpc) is 2.62. The summed E-state index contributed by atoms with van der Waals surface area (Å²) in [7, 11) is 0.800. The molecule has 0 aliphatic rings. The number of benzene rings is 2. The molecular weight excluding hydrogens is 300 g/mol. The Morgan fingerprint density at radius 2 is 1.09 bits per heavy atom. The van der Waals surface area contributed by atoms with E-state index in [-0.39, 0.29) is 0 Å². The highest BCUT2D eigenvalue weighted by Gasteiger charge is 2.34. The number of ether oxygens (including phenoxy) is 2. The molecule has 0 unspecified atom stereocenters. The highest BCUT2D eigenvalue weighted by Crippen LogP contribution is 2.04. The van der Waals surface area contributed by atoms with Crippen molar-refractivity contribution in [2.24, 2.45) is 0 Å². The summed E-state index contributed by atoms with van der Waals surface area (Å²) in [5.41, 5.74) is 6.92. The summed E-state index contributed by atoms with van der Waals surface area (Å²) in [6, 6.07) is 20.6. The largest absolute Gasteiger partial charge is 0.372 e. The molecule has 2 nitrogen and oxygen atoms in total. The van der Waals surface area contributed by atoms with Crippen LogP contribution < -0.4 is 10.4 Å². The lowest BCUT2D eigenvalue weighted by atomic mass is 10.4. The normalized spacial score (nSPS) is 10.2. The zero-order valence-electron chi connectivity index (χ0n) is 13.5. The van der Waals surface area contributed by atoms with Crippen molar-refractivity contribution in [1.82, 2.24) is 0 Å². The summed E-state index contributed by atoms with van der Waals surface area (Å²) in [6.45, 7) is 0.806. The number of rotatable bonds is 4. The van der Waals surface area contributed by atoms with Crippen LogP contribution in [0.1, 0.15) is 0 Å². The Balaban J connectivity index is 2.64. The molecule has 0 spiro atoms. The first-order chi connectivity index (χ1) is 11.3. The van der Waals surface area contributed by atoms with Gasteiger partial charge in [0.2, 0.25) is 0 Å². The highest BCUT2D eigenvalue weighted by molar-refractivity contribution is 7.13. The molecule has 0 fully saturated rings. The van der Waals surface area contributed by atoms with Crippen molar-refractivity contribution in [3.8, 4) is 22.9 Å². The van der Waals surface area contributed by atoms with Gasteiger partial charge in [-0.05, 0) is 10.4 Å². The second-order valence-electron chi connectivity index (χ2n) is 4.95. The van der Waals surface area contributed by atoms with Gasteiger partial charge in [0, 0.05) is 14.2 Å². The van der Waals surface area contributed by atoms with Gasteiger partial charge in [0.25, 0.3) is 8.07 Å². The van der Waals surface area contributed by atoms with Gasteiger partial charge in [-0.25, -0.2) is 0 Å². The zero-order valence-corrected chi connectivity index (χ0v) is 14.5. The van der Waals surface area contributed by atoms with Gasteiger partial charge >= 0.3 is 0 Å². The van der Waals surface area contributed by atoms with Gasteiger partial charge in [-0.3, -0.25) is 0 Å². The van der Waals surface area contributed by atoms with Crippen LogP contribution in [0, 0.1) is 22.9 Å². The molecule has 0 heterocycles. The molecule has 0 bridgehead atoms. The second-order valence-corrected chi connectivity index (χ2v) is 8.11. The van der Waals surface area contributed by atoms with Gasteiger partial charge in [0.05, 0.1) is 0 Å². The monoisotopic (exact) mass is 320 g/mol. The SMILES string of the molecule is COCC#C[Si](C#CCOC)(c1ccccc1)c1ccccc1. The van der Waals surface area contributed by atoms with Gasteiger partial charge in [-0.1, -0.05) is 72.5 Å². The summed E-state index contributed by atoms with van der Waals surface area (Å²) in [5.74, 6) is 6.29. The van der Waals surface area contributed by atoms with Crippen molar-refractivity contribution in [1.29, 1.82) is 0 Å². The Kier molecular flexibility index (Phi) is 6.66. The second kappa shape index (κ2) is 8.98. The maximum Gasteiger partial charge on any atom is 0.276 e. The van der Waals surface area contributed by atoms with Crippen molar-refractivity contribution in [2.45, 2.75) is 0 Å². The molecule has 3 heteroatoms. The van der Waals surface area contributed by atoms with E-state index in [0.29, 0.717) is 13.2 Å². The van der Waals surface area contributed by atoms with E-state index in [1.54, 1.807) is 14.2 Å². The van der Waals surface area contributed by atoms with Gasteiger partial charge in [-0.2, -0.15) is 0 Å². The lowest BCUT2D eigenvalue weighted by Crippen LogP contribution is -2.57. The van der Waals surface area contributed by atoms with E-state index in [0.717, 1.165) is 0 Å². The summed E-state index contributed by atoms with van der Waals surface area (Å²) < 4.78 is 10.2. The van der Waals surface area contributed by atoms with E-state index in [9.17, 15) is 0 Å². The van der Waals surface area contributed by atoms with Crippen LogP contribution in [0.4, 0.5) is 0 Å². The first-order valence-corrected chi connectivity index (χ1v) is 9.42. The van der Waals surface area contributed by atoms with Crippen molar-refractivity contribution in [3.05, 3.63) is 60.7 Å². The molecule has 0 atom stereocenters. The van der Waals surface area contributed by atoms with E-state index in [1.807, 2.05) is 36.4 Å². The van der Waals surface area contributed by atoms with Crippen LogP contribution >= 0.6 is 0 Å². The average molecular weight is 320 g/mol. The summed E-state index contributed by atoms with van der Waals surface area (Å²) >= 11 is 0. The van der Waals surface area contributed by atoms with Crippen LogP contribution in [0.15, 0.2) is 60.7 Å². The van der Waals surface area contributed by atoms with Crippen molar-refractivity contribution >= 4 is 18.4 Å². The quantitative estimate of drug-likeness (QED) is 0.630. The van der Waals surface area contributed by atoms with E-state index in [2.05, 4.69) is 47.2 Å². The van der Waals surface area contributed by atoms with Crippen LogP contribution in [0.5, 0.6) is 0 Å². The topological polar surface area (TPSA) is 18.5 Å². The number of hydrogen-bond donors (Lipinski definition) is 0. The maximum absolute atomic E-state index is 5.11. The molecular formula is C20H20O2Si. The third-order valence-electron chi connectivity index (χ3n) is 3.40. The molecule has 0 saturated heterocycles. The molecule has 2 rings (SSSR count). The molecule has 0 aliphatic carbocycles. The fourth-order valence-corrected chi connectivity index (χ4v) is 5.38. The van der Waals surface area contributed by atoms with Gasteiger partial charge < -0.3 is 9.47 Å². The minimum Gasteiger partial charge on any atom is -0.372 e. The van der Waals surface area contributed by atoms with Crippen LogP contribution in [0.25, 0.3) is 0 Å². The lowest BCUT2D eigenvalue weighted by Gasteiger charge is -2.21. The Morgan fingerprint density at radius 1 is 0.696 bits per heavy atom. The third-order valence-corrected chi connectivity index (χ3v) is 6.90. The Morgan fingerprint density at radius 3 is 1.43 bits per heavy atom. The van der Waals surface area contributed by atoms with E-state index in [1.165, 1.54) is 10.4 Å². The third kappa shape index (κ3) is 4.34.